The fraction of sp³-hybridized carbons (Fsp3) is 0.318. The van der Waals surface area contributed by atoms with E-state index in [0.717, 1.165) is 17.3 Å². The summed E-state index contributed by atoms with van der Waals surface area (Å²) in [5.74, 6) is -0.102. The summed E-state index contributed by atoms with van der Waals surface area (Å²) in [5.41, 5.74) is 1.27. The molecule has 6 heteroatoms. The monoisotopic (exact) mass is 442 g/mol. The second-order valence-electron chi connectivity index (χ2n) is 6.92. The van der Waals surface area contributed by atoms with Crippen LogP contribution in [0.4, 0.5) is 0 Å². The van der Waals surface area contributed by atoms with Crippen molar-refractivity contribution in [3.05, 3.63) is 70.2 Å². The molecule has 0 aromatic heterocycles. The summed E-state index contributed by atoms with van der Waals surface area (Å²) >= 11 is 3.34. The first-order valence-electron chi connectivity index (χ1n) is 9.45. The van der Waals surface area contributed by atoms with E-state index in [-0.39, 0.29) is 36.5 Å². The van der Waals surface area contributed by atoms with Crippen LogP contribution >= 0.6 is 15.9 Å². The minimum atomic E-state index is -0.0783. The summed E-state index contributed by atoms with van der Waals surface area (Å²) in [6.07, 6.45) is 1.89. The van der Waals surface area contributed by atoms with Crippen molar-refractivity contribution in [2.24, 2.45) is 0 Å². The van der Waals surface area contributed by atoms with Gasteiger partial charge >= 0.3 is 0 Å². The van der Waals surface area contributed by atoms with Gasteiger partial charge in [0.25, 0.3) is 5.91 Å². The highest BCUT2D eigenvalue weighted by Crippen LogP contribution is 2.15. The van der Waals surface area contributed by atoms with Gasteiger partial charge < -0.3 is 10.2 Å². The number of carbonyl (C=O) groups excluding carboxylic acids is 3. The number of hydrogen-bond donors (Lipinski definition) is 1. The zero-order chi connectivity index (χ0) is 19.9. The quantitative estimate of drug-likeness (QED) is 0.691. The number of Topliss-reactive ketones (excluding diaryl/α,β-unsaturated/α-hetero) is 1. The van der Waals surface area contributed by atoms with E-state index in [1.165, 1.54) is 0 Å². The summed E-state index contributed by atoms with van der Waals surface area (Å²) in [4.78, 5) is 38.7. The SMILES string of the molecule is O=C(CCC(=O)N1CCC(NC(=O)c2ccccc2)CC1)c1ccc(Br)cc1. The fourth-order valence-electron chi connectivity index (χ4n) is 3.29. The summed E-state index contributed by atoms with van der Waals surface area (Å²) < 4.78 is 0.919. The number of likely N-dealkylation sites (tertiary alicyclic amines) is 1. The Morgan fingerprint density at radius 1 is 0.893 bits per heavy atom. The molecule has 2 aromatic carbocycles. The van der Waals surface area contributed by atoms with Crippen molar-refractivity contribution >= 4 is 33.5 Å². The van der Waals surface area contributed by atoms with E-state index >= 15 is 0 Å². The van der Waals surface area contributed by atoms with Gasteiger partial charge in [0.2, 0.25) is 5.91 Å². The normalized spacial score (nSPS) is 14.5. The number of nitrogens with zero attached hydrogens (tertiary/aromatic N) is 1. The van der Waals surface area contributed by atoms with E-state index in [1.807, 2.05) is 30.3 Å². The Bertz CT molecular complexity index is 829. The van der Waals surface area contributed by atoms with Crippen molar-refractivity contribution in [2.45, 2.75) is 31.7 Å². The predicted octanol–water partition coefficient (Wildman–Crippen LogP) is 3.83. The van der Waals surface area contributed by atoms with Gasteiger partial charge in [-0.1, -0.05) is 46.3 Å². The maximum atomic E-state index is 12.4. The predicted molar refractivity (Wildman–Crippen MR) is 111 cm³/mol. The van der Waals surface area contributed by atoms with Crippen LogP contribution in [0, 0.1) is 0 Å². The molecule has 0 saturated carbocycles. The van der Waals surface area contributed by atoms with Crippen LogP contribution in [-0.4, -0.2) is 41.6 Å². The van der Waals surface area contributed by atoms with Crippen LogP contribution in [0.2, 0.25) is 0 Å². The first-order valence-corrected chi connectivity index (χ1v) is 10.2. The maximum Gasteiger partial charge on any atom is 0.251 e. The number of ketones is 1. The Hall–Kier alpha value is -2.47. The molecule has 1 heterocycles. The molecule has 2 aromatic rings. The van der Waals surface area contributed by atoms with E-state index in [9.17, 15) is 14.4 Å². The van der Waals surface area contributed by atoms with Gasteiger partial charge in [-0.05, 0) is 37.1 Å². The third-order valence-corrected chi connectivity index (χ3v) is 5.48. The van der Waals surface area contributed by atoms with E-state index in [0.29, 0.717) is 24.2 Å². The molecule has 0 spiro atoms. The minimum Gasteiger partial charge on any atom is -0.349 e. The zero-order valence-electron chi connectivity index (χ0n) is 15.6. The highest BCUT2D eigenvalue weighted by atomic mass is 79.9. The average Bonchev–Trinajstić information content (AvgIpc) is 2.73. The number of carbonyl (C=O) groups is 3. The summed E-state index contributed by atoms with van der Waals surface area (Å²) in [6, 6.07) is 16.4. The number of rotatable bonds is 6. The van der Waals surface area contributed by atoms with Gasteiger partial charge in [-0.2, -0.15) is 0 Å². The average molecular weight is 443 g/mol. The number of hydrogen-bond acceptors (Lipinski definition) is 3. The van der Waals surface area contributed by atoms with Crippen LogP contribution in [0.25, 0.3) is 0 Å². The van der Waals surface area contributed by atoms with Gasteiger partial charge in [-0.25, -0.2) is 0 Å². The van der Waals surface area contributed by atoms with Gasteiger partial charge in [0.05, 0.1) is 0 Å². The molecule has 1 saturated heterocycles. The second-order valence-corrected chi connectivity index (χ2v) is 7.84. The first kappa shape index (κ1) is 20.3. The third kappa shape index (κ3) is 5.52. The lowest BCUT2D eigenvalue weighted by molar-refractivity contribution is -0.132. The van der Waals surface area contributed by atoms with Crippen LogP contribution in [0.5, 0.6) is 0 Å². The molecule has 0 unspecified atom stereocenters. The number of nitrogens with one attached hydrogen (secondary N) is 1. The number of amides is 2. The third-order valence-electron chi connectivity index (χ3n) is 4.95. The van der Waals surface area contributed by atoms with Crippen LogP contribution in [0.15, 0.2) is 59.1 Å². The first-order chi connectivity index (χ1) is 13.5. The van der Waals surface area contributed by atoms with Gasteiger partial charge in [-0.3, -0.25) is 14.4 Å². The highest BCUT2D eigenvalue weighted by Gasteiger charge is 2.24. The lowest BCUT2D eigenvalue weighted by atomic mass is 10.0. The Balaban J connectivity index is 1.41. The molecular formula is C22H23BrN2O3. The zero-order valence-corrected chi connectivity index (χ0v) is 17.2. The number of piperidine rings is 1. The van der Waals surface area contributed by atoms with Gasteiger partial charge in [0, 0.05) is 47.6 Å². The Morgan fingerprint density at radius 2 is 1.54 bits per heavy atom. The summed E-state index contributed by atoms with van der Waals surface area (Å²) in [7, 11) is 0. The largest absolute Gasteiger partial charge is 0.349 e. The van der Waals surface area contributed by atoms with Crippen LogP contribution in [0.3, 0.4) is 0 Å². The van der Waals surface area contributed by atoms with Crippen molar-refractivity contribution in [3.63, 3.8) is 0 Å². The van der Waals surface area contributed by atoms with Crippen molar-refractivity contribution in [2.75, 3.05) is 13.1 Å². The molecule has 1 aliphatic heterocycles. The Morgan fingerprint density at radius 3 is 2.18 bits per heavy atom. The summed E-state index contributed by atoms with van der Waals surface area (Å²) in [6.45, 7) is 1.20. The van der Waals surface area contributed by atoms with Crippen molar-refractivity contribution in [1.82, 2.24) is 10.2 Å². The molecule has 0 aliphatic carbocycles. The second kappa shape index (κ2) is 9.64. The smallest absolute Gasteiger partial charge is 0.251 e. The molecule has 5 nitrogen and oxygen atoms in total. The molecule has 3 rings (SSSR count). The number of halogens is 1. The molecule has 1 fully saturated rings. The molecule has 0 radical (unpaired) electrons. The van der Waals surface area contributed by atoms with E-state index in [2.05, 4.69) is 21.2 Å². The van der Waals surface area contributed by atoms with Gasteiger partial charge in [0.1, 0.15) is 0 Å². The fourth-order valence-corrected chi connectivity index (χ4v) is 3.55. The molecule has 2 amide bonds. The van der Waals surface area contributed by atoms with E-state index in [1.54, 1.807) is 29.2 Å². The van der Waals surface area contributed by atoms with Crippen LogP contribution < -0.4 is 5.32 Å². The maximum absolute atomic E-state index is 12.4. The number of benzene rings is 2. The van der Waals surface area contributed by atoms with Crippen LogP contribution in [0.1, 0.15) is 46.4 Å². The lowest BCUT2D eigenvalue weighted by Gasteiger charge is -2.32. The highest BCUT2D eigenvalue weighted by molar-refractivity contribution is 9.10. The van der Waals surface area contributed by atoms with Crippen LogP contribution in [-0.2, 0) is 4.79 Å². The molecule has 0 bridgehead atoms. The molecule has 146 valence electrons. The Kier molecular flexibility index (Phi) is 6.98. The van der Waals surface area contributed by atoms with Crippen molar-refractivity contribution < 1.29 is 14.4 Å². The van der Waals surface area contributed by atoms with Gasteiger partial charge in [-0.15, -0.1) is 0 Å². The van der Waals surface area contributed by atoms with E-state index < -0.39 is 0 Å². The summed E-state index contributed by atoms with van der Waals surface area (Å²) in [5, 5.41) is 3.04. The topological polar surface area (TPSA) is 66.5 Å². The standard InChI is InChI=1S/C22H23BrN2O3/c23-18-8-6-16(7-9-18)20(26)10-11-21(27)25-14-12-19(13-15-25)24-22(28)17-4-2-1-3-5-17/h1-9,19H,10-15H2,(H,24,28). The van der Waals surface area contributed by atoms with Gasteiger partial charge in [0.15, 0.2) is 5.78 Å². The molecule has 0 atom stereocenters. The minimum absolute atomic E-state index is 0.00158. The Labute approximate surface area is 173 Å². The van der Waals surface area contributed by atoms with E-state index in [4.69, 9.17) is 0 Å². The molecule has 28 heavy (non-hydrogen) atoms. The molecular weight excluding hydrogens is 420 g/mol. The van der Waals surface area contributed by atoms with Crippen molar-refractivity contribution in [3.8, 4) is 0 Å². The molecule has 1 aliphatic rings. The van der Waals surface area contributed by atoms with Crippen molar-refractivity contribution in [1.29, 1.82) is 0 Å². The lowest BCUT2D eigenvalue weighted by Crippen LogP contribution is -2.46. The molecule has 1 N–H and O–H groups in total.